The fourth-order valence-electron chi connectivity index (χ4n) is 3.29. The Balaban J connectivity index is 1.78. The highest BCUT2D eigenvalue weighted by Crippen LogP contribution is 2.29. The van der Waals surface area contributed by atoms with Crippen LogP contribution in [0.3, 0.4) is 0 Å². The first-order valence-corrected chi connectivity index (χ1v) is 7.92. The smallest absolute Gasteiger partial charge is 0.225 e. The zero-order chi connectivity index (χ0) is 14.5. The Hall–Kier alpha value is -1.10. The fraction of sp³-hybridized carbons (Fsp3) is 0.867. The van der Waals surface area contributed by atoms with Crippen LogP contribution >= 0.6 is 0 Å². The number of carbonyl (C=O) groups excluding carboxylic acids is 2. The number of nitrogens with one attached hydrogen (secondary N) is 2. The summed E-state index contributed by atoms with van der Waals surface area (Å²) >= 11 is 0. The third-order valence-electron chi connectivity index (χ3n) is 4.43. The molecule has 2 amide bonds. The summed E-state index contributed by atoms with van der Waals surface area (Å²) in [4.78, 5) is 26.1. The average Bonchev–Trinajstić information content (AvgIpc) is 3.05. The third kappa shape index (κ3) is 3.72. The minimum absolute atomic E-state index is 0.0311. The minimum Gasteiger partial charge on any atom is -0.354 e. The molecule has 1 unspecified atom stereocenters. The second kappa shape index (κ2) is 7.07. The summed E-state index contributed by atoms with van der Waals surface area (Å²) in [5, 5.41) is 6.22. The SMILES string of the molecule is CCN[C@H](C)CNC(=O)C1CC(=O)N(C2CCCC2)C1. The molecule has 1 heterocycles. The molecule has 1 aliphatic heterocycles. The second-order valence-corrected chi connectivity index (χ2v) is 6.09. The van der Waals surface area contributed by atoms with E-state index in [0.29, 0.717) is 25.6 Å². The van der Waals surface area contributed by atoms with E-state index in [0.717, 1.165) is 19.4 Å². The Morgan fingerprint density at radius 1 is 1.40 bits per heavy atom. The topological polar surface area (TPSA) is 61.4 Å². The van der Waals surface area contributed by atoms with E-state index in [4.69, 9.17) is 0 Å². The average molecular weight is 281 g/mol. The zero-order valence-corrected chi connectivity index (χ0v) is 12.7. The van der Waals surface area contributed by atoms with Crippen LogP contribution in [0, 0.1) is 5.92 Å². The predicted molar refractivity (Wildman–Crippen MR) is 78.2 cm³/mol. The zero-order valence-electron chi connectivity index (χ0n) is 12.7. The summed E-state index contributed by atoms with van der Waals surface area (Å²) in [5.41, 5.74) is 0. The second-order valence-electron chi connectivity index (χ2n) is 6.09. The van der Waals surface area contributed by atoms with E-state index in [1.807, 2.05) is 11.8 Å². The molecule has 5 nitrogen and oxygen atoms in total. The van der Waals surface area contributed by atoms with Gasteiger partial charge in [-0.05, 0) is 26.3 Å². The fourth-order valence-corrected chi connectivity index (χ4v) is 3.29. The van der Waals surface area contributed by atoms with Crippen molar-refractivity contribution in [2.45, 2.75) is 58.0 Å². The van der Waals surface area contributed by atoms with Crippen molar-refractivity contribution in [2.24, 2.45) is 5.92 Å². The van der Waals surface area contributed by atoms with Crippen molar-refractivity contribution in [3.05, 3.63) is 0 Å². The minimum atomic E-state index is -0.156. The van der Waals surface area contributed by atoms with E-state index in [2.05, 4.69) is 17.6 Å². The summed E-state index contributed by atoms with van der Waals surface area (Å²) in [6.45, 7) is 6.24. The van der Waals surface area contributed by atoms with E-state index in [1.165, 1.54) is 12.8 Å². The molecule has 2 atom stereocenters. The van der Waals surface area contributed by atoms with Crippen LogP contribution in [0.2, 0.25) is 0 Å². The van der Waals surface area contributed by atoms with Gasteiger partial charge in [0.25, 0.3) is 0 Å². The van der Waals surface area contributed by atoms with Gasteiger partial charge in [0, 0.05) is 31.6 Å². The standard InChI is InChI=1S/C15H27N3O2/c1-3-16-11(2)9-17-15(20)12-8-14(19)18(10-12)13-6-4-5-7-13/h11-13,16H,3-10H2,1-2H3,(H,17,20)/t11-,12?/m1/s1. The van der Waals surface area contributed by atoms with Crippen LogP contribution in [0.25, 0.3) is 0 Å². The molecule has 114 valence electrons. The van der Waals surface area contributed by atoms with Crippen LogP contribution in [0.4, 0.5) is 0 Å². The van der Waals surface area contributed by atoms with Crippen molar-refractivity contribution in [3.8, 4) is 0 Å². The molecule has 1 saturated heterocycles. The molecule has 2 rings (SSSR count). The first-order chi connectivity index (χ1) is 9.61. The number of hydrogen-bond donors (Lipinski definition) is 2. The molecule has 1 aliphatic carbocycles. The van der Waals surface area contributed by atoms with Gasteiger partial charge in [0.2, 0.25) is 11.8 Å². The number of amides is 2. The van der Waals surface area contributed by atoms with Gasteiger partial charge < -0.3 is 15.5 Å². The normalized spacial score (nSPS) is 25.2. The van der Waals surface area contributed by atoms with E-state index < -0.39 is 0 Å². The maximum Gasteiger partial charge on any atom is 0.225 e. The molecular formula is C15H27N3O2. The van der Waals surface area contributed by atoms with Crippen molar-refractivity contribution >= 4 is 11.8 Å². The van der Waals surface area contributed by atoms with E-state index in [-0.39, 0.29) is 23.8 Å². The van der Waals surface area contributed by atoms with Gasteiger partial charge in [-0.2, -0.15) is 0 Å². The van der Waals surface area contributed by atoms with Gasteiger partial charge in [-0.15, -0.1) is 0 Å². The number of likely N-dealkylation sites (tertiary alicyclic amines) is 1. The molecule has 2 fully saturated rings. The van der Waals surface area contributed by atoms with Gasteiger partial charge in [0.05, 0.1) is 5.92 Å². The molecule has 20 heavy (non-hydrogen) atoms. The van der Waals surface area contributed by atoms with E-state index >= 15 is 0 Å². The molecular weight excluding hydrogens is 254 g/mol. The molecule has 2 N–H and O–H groups in total. The number of hydrogen-bond acceptors (Lipinski definition) is 3. The number of likely N-dealkylation sites (N-methyl/N-ethyl adjacent to an activating group) is 1. The van der Waals surface area contributed by atoms with Crippen LogP contribution < -0.4 is 10.6 Å². The summed E-state index contributed by atoms with van der Waals surface area (Å²) < 4.78 is 0. The van der Waals surface area contributed by atoms with Crippen LogP contribution in [-0.2, 0) is 9.59 Å². The predicted octanol–water partition coefficient (Wildman–Crippen LogP) is 0.892. The highest BCUT2D eigenvalue weighted by atomic mass is 16.2. The van der Waals surface area contributed by atoms with Crippen LogP contribution in [0.15, 0.2) is 0 Å². The summed E-state index contributed by atoms with van der Waals surface area (Å²) in [7, 11) is 0. The van der Waals surface area contributed by atoms with Gasteiger partial charge in [-0.1, -0.05) is 19.8 Å². The Morgan fingerprint density at radius 2 is 2.10 bits per heavy atom. The lowest BCUT2D eigenvalue weighted by Crippen LogP contribution is -2.42. The Labute approximate surface area is 121 Å². The summed E-state index contributed by atoms with van der Waals surface area (Å²) in [6.07, 6.45) is 5.03. The highest BCUT2D eigenvalue weighted by Gasteiger charge is 2.38. The molecule has 0 aromatic rings. The number of rotatable bonds is 6. The van der Waals surface area contributed by atoms with Crippen molar-refractivity contribution < 1.29 is 9.59 Å². The van der Waals surface area contributed by atoms with Crippen molar-refractivity contribution in [1.29, 1.82) is 0 Å². The first kappa shape index (κ1) is 15.3. The third-order valence-corrected chi connectivity index (χ3v) is 4.43. The molecule has 1 saturated carbocycles. The first-order valence-electron chi connectivity index (χ1n) is 7.92. The molecule has 0 bridgehead atoms. The maximum atomic E-state index is 12.1. The van der Waals surface area contributed by atoms with Crippen molar-refractivity contribution in [2.75, 3.05) is 19.6 Å². The lowest BCUT2D eigenvalue weighted by molar-refractivity contribution is -0.130. The number of carbonyl (C=O) groups is 2. The molecule has 0 aromatic heterocycles. The van der Waals surface area contributed by atoms with Gasteiger partial charge in [-0.3, -0.25) is 9.59 Å². The molecule has 0 aromatic carbocycles. The Kier molecular flexibility index (Phi) is 5.40. The van der Waals surface area contributed by atoms with Crippen LogP contribution in [-0.4, -0.2) is 48.4 Å². The van der Waals surface area contributed by atoms with Gasteiger partial charge in [-0.25, -0.2) is 0 Å². The van der Waals surface area contributed by atoms with Crippen molar-refractivity contribution in [3.63, 3.8) is 0 Å². The summed E-state index contributed by atoms with van der Waals surface area (Å²) in [5.74, 6) is 0.0392. The lowest BCUT2D eigenvalue weighted by Gasteiger charge is -2.24. The van der Waals surface area contributed by atoms with Gasteiger partial charge in [0.15, 0.2) is 0 Å². The van der Waals surface area contributed by atoms with Crippen LogP contribution in [0.1, 0.15) is 46.0 Å². The van der Waals surface area contributed by atoms with E-state index in [1.54, 1.807) is 0 Å². The maximum absolute atomic E-state index is 12.1. The van der Waals surface area contributed by atoms with Gasteiger partial charge >= 0.3 is 0 Å². The molecule has 0 radical (unpaired) electrons. The van der Waals surface area contributed by atoms with E-state index in [9.17, 15) is 9.59 Å². The number of nitrogens with zero attached hydrogens (tertiary/aromatic N) is 1. The Bertz CT molecular complexity index is 353. The molecule has 2 aliphatic rings. The largest absolute Gasteiger partial charge is 0.354 e. The van der Waals surface area contributed by atoms with Gasteiger partial charge in [0.1, 0.15) is 0 Å². The highest BCUT2D eigenvalue weighted by molar-refractivity contribution is 5.89. The van der Waals surface area contributed by atoms with Crippen LogP contribution in [0.5, 0.6) is 0 Å². The summed E-state index contributed by atoms with van der Waals surface area (Å²) in [6, 6.07) is 0.660. The molecule has 5 heteroatoms. The van der Waals surface area contributed by atoms with Crippen molar-refractivity contribution in [1.82, 2.24) is 15.5 Å². The quantitative estimate of drug-likeness (QED) is 0.760. The lowest BCUT2D eigenvalue weighted by atomic mass is 10.1. The molecule has 0 spiro atoms. The monoisotopic (exact) mass is 281 g/mol. The Morgan fingerprint density at radius 3 is 2.75 bits per heavy atom.